The van der Waals surface area contributed by atoms with Crippen molar-refractivity contribution in [2.45, 2.75) is 49.2 Å². The molecule has 0 bridgehead atoms. The van der Waals surface area contributed by atoms with Crippen LogP contribution >= 0.6 is 11.8 Å². The quantitative estimate of drug-likeness (QED) is 0.587. The van der Waals surface area contributed by atoms with Crippen LogP contribution in [0.1, 0.15) is 32.6 Å². The summed E-state index contributed by atoms with van der Waals surface area (Å²) in [6.07, 6.45) is 7.36. The Morgan fingerprint density at radius 2 is 2.03 bits per heavy atom. The third kappa shape index (κ3) is 5.35. The van der Waals surface area contributed by atoms with E-state index in [4.69, 9.17) is 4.74 Å². The zero-order valence-corrected chi connectivity index (χ0v) is 19.0. The number of amides is 1. The smallest absolute Gasteiger partial charge is 0.243 e. The molecule has 164 valence electrons. The molecule has 2 heterocycles. The molecule has 1 N–H and O–H groups in total. The zero-order chi connectivity index (χ0) is 21.6. The largest absolute Gasteiger partial charge is 0.495 e. The van der Waals surface area contributed by atoms with E-state index in [1.54, 1.807) is 12.3 Å². The Morgan fingerprint density at radius 3 is 2.73 bits per heavy atom. The monoisotopic (exact) mass is 452 g/mol. The molecule has 0 aliphatic carbocycles. The number of sulfonamides is 1. The highest BCUT2D eigenvalue weighted by Gasteiger charge is 2.27. The van der Waals surface area contributed by atoms with Crippen molar-refractivity contribution in [2.75, 3.05) is 31.3 Å². The Balaban J connectivity index is 1.72. The second-order valence-corrected chi connectivity index (χ2v) is 9.95. The van der Waals surface area contributed by atoms with Gasteiger partial charge in [-0.2, -0.15) is 4.31 Å². The SMILES string of the molecule is CCCn1ccnc1SCC(=O)Nc1cc(S(=O)(=O)N2CCCCC2)ccc1OC. The number of benzene rings is 1. The van der Waals surface area contributed by atoms with Crippen LogP contribution in [0.5, 0.6) is 5.75 Å². The first kappa shape index (κ1) is 22.6. The molecule has 2 aromatic rings. The van der Waals surface area contributed by atoms with Crippen molar-refractivity contribution < 1.29 is 17.9 Å². The number of aromatic nitrogens is 2. The van der Waals surface area contributed by atoms with E-state index < -0.39 is 10.0 Å². The van der Waals surface area contributed by atoms with Crippen molar-refractivity contribution >= 4 is 33.4 Å². The molecule has 0 saturated carbocycles. The molecule has 1 aliphatic heterocycles. The highest BCUT2D eigenvalue weighted by Crippen LogP contribution is 2.30. The van der Waals surface area contributed by atoms with Crippen molar-refractivity contribution in [2.24, 2.45) is 0 Å². The topological polar surface area (TPSA) is 93.5 Å². The minimum Gasteiger partial charge on any atom is -0.495 e. The van der Waals surface area contributed by atoms with E-state index in [-0.39, 0.29) is 16.6 Å². The number of rotatable bonds is 9. The molecular weight excluding hydrogens is 424 g/mol. The van der Waals surface area contributed by atoms with Crippen LogP contribution in [0, 0.1) is 0 Å². The predicted molar refractivity (Wildman–Crippen MR) is 117 cm³/mol. The first-order chi connectivity index (χ1) is 14.5. The fraction of sp³-hybridized carbons (Fsp3) is 0.500. The summed E-state index contributed by atoms with van der Waals surface area (Å²) in [5.74, 6) is 0.322. The van der Waals surface area contributed by atoms with Crippen LogP contribution in [0.4, 0.5) is 5.69 Å². The summed E-state index contributed by atoms with van der Waals surface area (Å²) in [5, 5.41) is 3.56. The number of ether oxygens (including phenoxy) is 1. The van der Waals surface area contributed by atoms with Gasteiger partial charge in [0.05, 0.1) is 23.4 Å². The van der Waals surface area contributed by atoms with Crippen molar-refractivity contribution in [1.82, 2.24) is 13.9 Å². The molecule has 1 aromatic heterocycles. The predicted octanol–water partition coefficient (Wildman–Crippen LogP) is 3.21. The average molecular weight is 453 g/mol. The minimum absolute atomic E-state index is 0.159. The van der Waals surface area contributed by atoms with Gasteiger partial charge in [0.15, 0.2) is 5.16 Å². The number of thioether (sulfide) groups is 1. The highest BCUT2D eigenvalue weighted by molar-refractivity contribution is 7.99. The van der Waals surface area contributed by atoms with Crippen LogP contribution in [0.2, 0.25) is 0 Å². The number of aryl methyl sites for hydroxylation is 1. The van der Waals surface area contributed by atoms with Crippen LogP contribution in [0.15, 0.2) is 40.6 Å². The Morgan fingerprint density at radius 1 is 1.27 bits per heavy atom. The van der Waals surface area contributed by atoms with E-state index >= 15 is 0 Å². The first-order valence-corrected chi connectivity index (χ1v) is 12.5. The molecule has 0 radical (unpaired) electrons. The fourth-order valence-electron chi connectivity index (χ4n) is 3.36. The molecule has 1 fully saturated rings. The van der Waals surface area contributed by atoms with Gasteiger partial charge in [0.2, 0.25) is 15.9 Å². The van der Waals surface area contributed by atoms with Gasteiger partial charge in [-0.1, -0.05) is 25.1 Å². The van der Waals surface area contributed by atoms with Crippen LogP contribution in [-0.4, -0.2) is 54.1 Å². The van der Waals surface area contributed by atoms with Crippen LogP contribution in [-0.2, 0) is 21.4 Å². The Hall–Kier alpha value is -2.04. The molecule has 8 nitrogen and oxygen atoms in total. The Bertz CT molecular complexity index is 969. The van der Waals surface area contributed by atoms with Gasteiger partial charge in [0.25, 0.3) is 0 Å². The number of carbonyl (C=O) groups is 1. The fourth-order valence-corrected chi connectivity index (χ4v) is 5.69. The van der Waals surface area contributed by atoms with E-state index in [0.717, 1.165) is 37.4 Å². The average Bonchev–Trinajstić information content (AvgIpc) is 3.20. The molecule has 10 heteroatoms. The molecule has 1 aromatic carbocycles. The summed E-state index contributed by atoms with van der Waals surface area (Å²) in [6.45, 7) is 3.97. The van der Waals surface area contributed by atoms with E-state index in [1.165, 1.54) is 35.3 Å². The van der Waals surface area contributed by atoms with E-state index in [1.807, 2.05) is 10.8 Å². The summed E-state index contributed by atoms with van der Waals surface area (Å²) in [6, 6.07) is 4.58. The summed E-state index contributed by atoms with van der Waals surface area (Å²) in [4.78, 5) is 17.0. The molecular formula is C20H28N4O4S2. The number of imidazole rings is 1. The first-order valence-electron chi connectivity index (χ1n) is 10.1. The summed E-state index contributed by atoms with van der Waals surface area (Å²) >= 11 is 1.34. The second-order valence-electron chi connectivity index (χ2n) is 7.07. The number of anilines is 1. The van der Waals surface area contributed by atoms with Gasteiger partial charge in [-0.3, -0.25) is 4.79 Å². The lowest BCUT2D eigenvalue weighted by molar-refractivity contribution is -0.113. The molecule has 3 rings (SSSR count). The lowest BCUT2D eigenvalue weighted by Gasteiger charge is -2.26. The third-order valence-electron chi connectivity index (χ3n) is 4.87. The summed E-state index contributed by atoms with van der Waals surface area (Å²) in [7, 11) is -2.11. The van der Waals surface area contributed by atoms with Crippen LogP contribution in [0.25, 0.3) is 0 Å². The van der Waals surface area contributed by atoms with Gasteiger partial charge in [-0.05, 0) is 37.5 Å². The van der Waals surface area contributed by atoms with E-state index in [9.17, 15) is 13.2 Å². The number of hydrogen-bond acceptors (Lipinski definition) is 6. The normalized spacial score (nSPS) is 15.1. The number of hydrogen-bond donors (Lipinski definition) is 1. The van der Waals surface area contributed by atoms with Gasteiger partial charge in [0, 0.05) is 32.0 Å². The lowest BCUT2D eigenvalue weighted by Crippen LogP contribution is -2.35. The number of nitrogens with one attached hydrogen (secondary N) is 1. The molecule has 1 aliphatic rings. The maximum atomic E-state index is 13.0. The molecule has 0 spiro atoms. The molecule has 30 heavy (non-hydrogen) atoms. The van der Waals surface area contributed by atoms with Gasteiger partial charge in [-0.25, -0.2) is 13.4 Å². The number of methoxy groups -OCH3 is 1. The van der Waals surface area contributed by atoms with Crippen molar-refractivity contribution in [3.63, 3.8) is 0 Å². The van der Waals surface area contributed by atoms with Crippen LogP contribution < -0.4 is 10.1 Å². The van der Waals surface area contributed by atoms with Crippen molar-refractivity contribution in [3.8, 4) is 5.75 Å². The zero-order valence-electron chi connectivity index (χ0n) is 17.3. The Labute approximate surface area is 182 Å². The summed E-state index contributed by atoms with van der Waals surface area (Å²) in [5.41, 5.74) is 0.345. The van der Waals surface area contributed by atoms with Crippen molar-refractivity contribution in [3.05, 3.63) is 30.6 Å². The third-order valence-corrected chi connectivity index (χ3v) is 7.77. The van der Waals surface area contributed by atoms with E-state index in [0.29, 0.717) is 24.5 Å². The van der Waals surface area contributed by atoms with Gasteiger partial charge in [0.1, 0.15) is 5.75 Å². The van der Waals surface area contributed by atoms with Crippen molar-refractivity contribution in [1.29, 1.82) is 0 Å². The van der Waals surface area contributed by atoms with Crippen LogP contribution in [0.3, 0.4) is 0 Å². The van der Waals surface area contributed by atoms with Gasteiger partial charge < -0.3 is 14.6 Å². The molecule has 0 unspecified atom stereocenters. The highest BCUT2D eigenvalue weighted by atomic mass is 32.2. The maximum Gasteiger partial charge on any atom is 0.243 e. The van der Waals surface area contributed by atoms with Gasteiger partial charge in [-0.15, -0.1) is 0 Å². The molecule has 1 amide bonds. The number of carbonyl (C=O) groups excluding carboxylic acids is 1. The van der Waals surface area contributed by atoms with E-state index in [2.05, 4.69) is 17.2 Å². The maximum absolute atomic E-state index is 13.0. The number of piperidine rings is 1. The molecule has 1 saturated heterocycles. The number of nitrogens with zero attached hydrogens (tertiary/aromatic N) is 3. The molecule has 0 atom stereocenters. The van der Waals surface area contributed by atoms with Gasteiger partial charge >= 0.3 is 0 Å². The summed E-state index contributed by atoms with van der Waals surface area (Å²) < 4.78 is 34.8. The minimum atomic E-state index is -3.60. The lowest BCUT2D eigenvalue weighted by atomic mass is 10.2. The second kappa shape index (κ2) is 10.3. The standard InChI is InChI=1S/C20H28N4O4S2/c1-3-10-23-13-9-21-20(23)29-15-19(25)22-17-14-16(7-8-18(17)28-2)30(26,27)24-11-5-4-6-12-24/h7-9,13-14H,3-6,10-12,15H2,1-2H3,(H,22,25). The Kier molecular flexibility index (Phi) is 7.79.